The van der Waals surface area contributed by atoms with E-state index in [1.54, 1.807) is 56.3 Å². The lowest BCUT2D eigenvalue weighted by molar-refractivity contribution is -0.0603. The lowest BCUT2D eigenvalue weighted by atomic mass is 9.86. The average Bonchev–Trinajstić information content (AvgIpc) is 3.35. The standard InChI is InChI=1S/C26H35N3O5S/c1-4-18-7-10-20(11-8-18)35(32,33)28-23-21-17-19(9-12-22(21)34-26(2,3)24(23)30)25(31)27-13-16-29-14-5-6-15-29/h7-12,17,23-24,28,30H,4-6,13-16H2,1-3H3,(H,27,31)/t23-,24+/m1/s1. The number of aryl methyl sites for hydroxylation is 1. The Kier molecular flexibility index (Phi) is 7.51. The van der Waals surface area contributed by atoms with Crippen LogP contribution in [-0.2, 0) is 16.4 Å². The molecule has 3 N–H and O–H groups in total. The summed E-state index contributed by atoms with van der Waals surface area (Å²) in [6, 6.07) is 10.6. The fourth-order valence-corrected chi connectivity index (χ4v) is 5.86. The van der Waals surface area contributed by atoms with Crippen LogP contribution in [0.5, 0.6) is 5.75 Å². The molecule has 1 amide bonds. The summed E-state index contributed by atoms with van der Waals surface area (Å²) in [5, 5.41) is 14.0. The van der Waals surface area contributed by atoms with E-state index < -0.39 is 27.8 Å². The molecule has 1 fully saturated rings. The Hall–Kier alpha value is -2.46. The maximum atomic E-state index is 13.2. The number of amides is 1. The first-order valence-electron chi connectivity index (χ1n) is 12.2. The minimum absolute atomic E-state index is 0.114. The van der Waals surface area contributed by atoms with Gasteiger partial charge in [0.2, 0.25) is 10.0 Å². The maximum absolute atomic E-state index is 13.2. The van der Waals surface area contributed by atoms with Gasteiger partial charge in [-0.1, -0.05) is 19.1 Å². The van der Waals surface area contributed by atoms with E-state index >= 15 is 0 Å². The molecule has 0 aliphatic carbocycles. The molecule has 2 aromatic rings. The van der Waals surface area contributed by atoms with Crippen LogP contribution in [0.4, 0.5) is 0 Å². The predicted molar refractivity (Wildman–Crippen MR) is 134 cm³/mol. The Morgan fingerprint density at radius 3 is 2.49 bits per heavy atom. The molecule has 9 heteroatoms. The number of aliphatic hydroxyl groups excluding tert-OH is 1. The number of hydrogen-bond acceptors (Lipinski definition) is 6. The fraction of sp³-hybridized carbons (Fsp3) is 0.500. The van der Waals surface area contributed by atoms with Crippen molar-refractivity contribution < 1.29 is 23.1 Å². The second-order valence-electron chi connectivity index (χ2n) is 9.80. The minimum atomic E-state index is -3.94. The molecular formula is C26H35N3O5S. The molecule has 0 saturated carbocycles. The van der Waals surface area contributed by atoms with Crippen molar-refractivity contribution in [1.29, 1.82) is 0 Å². The number of ether oxygens (including phenoxy) is 1. The van der Waals surface area contributed by atoms with Gasteiger partial charge in [-0.05, 0) is 82.1 Å². The van der Waals surface area contributed by atoms with E-state index in [4.69, 9.17) is 4.74 Å². The molecule has 190 valence electrons. The monoisotopic (exact) mass is 501 g/mol. The Morgan fingerprint density at radius 2 is 1.83 bits per heavy atom. The first-order chi connectivity index (χ1) is 16.6. The molecule has 2 aliphatic heterocycles. The predicted octanol–water partition coefficient (Wildman–Crippen LogP) is 2.63. The van der Waals surface area contributed by atoms with Gasteiger partial charge in [0.1, 0.15) is 17.5 Å². The quantitative estimate of drug-likeness (QED) is 0.513. The van der Waals surface area contributed by atoms with Crippen molar-refractivity contribution in [3.8, 4) is 5.75 Å². The molecule has 35 heavy (non-hydrogen) atoms. The first kappa shape index (κ1) is 25.6. The number of benzene rings is 2. The molecule has 2 heterocycles. The van der Waals surface area contributed by atoms with E-state index in [0.717, 1.165) is 31.6 Å². The summed E-state index contributed by atoms with van der Waals surface area (Å²) in [6.07, 6.45) is 2.01. The number of sulfonamides is 1. The summed E-state index contributed by atoms with van der Waals surface area (Å²) in [7, 11) is -3.94. The van der Waals surface area contributed by atoms with Gasteiger partial charge in [-0.15, -0.1) is 0 Å². The Balaban J connectivity index is 1.57. The highest BCUT2D eigenvalue weighted by Crippen LogP contribution is 2.41. The molecule has 1 saturated heterocycles. The smallest absolute Gasteiger partial charge is 0.251 e. The van der Waals surface area contributed by atoms with Crippen LogP contribution in [0.2, 0.25) is 0 Å². The summed E-state index contributed by atoms with van der Waals surface area (Å²) in [6.45, 7) is 8.86. The highest BCUT2D eigenvalue weighted by molar-refractivity contribution is 7.89. The van der Waals surface area contributed by atoms with Gasteiger partial charge in [0.25, 0.3) is 5.91 Å². The van der Waals surface area contributed by atoms with Crippen LogP contribution in [0.1, 0.15) is 61.1 Å². The van der Waals surface area contributed by atoms with Gasteiger partial charge in [-0.25, -0.2) is 13.1 Å². The molecule has 4 rings (SSSR count). The van der Waals surface area contributed by atoms with Gasteiger partial charge in [0.15, 0.2) is 0 Å². The number of likely N-dealkylation sites (tertiary alicyclic amines) is 1. The van der Waals surface area contributed by atoms with Crippen molar-refractivity contribution in [3.05, 3.63) is 59.2 Å². The fourth-order valence-electron chi connectivity index (χ4n) is 4.64. The van der Waals surface area contributed by atoms with Crippen molar-refractivity contribution >= 4 is 15.9 Å². The van der Waals surface area contributed by atoms with E-state index in [9.17, 15) is 18.3 Å². The summed E-state index contributed by atoms with van der Waals surface area (Å²) >= 11 is 0. The van der Waals surface area contributed by atoms with Gasteiger partial charge in [0.05, 0.1) is 10.9 Å². The zero-order valence-electron chi connectivity index (χ0n) is 20.6. The maximum Gasteiger partial charge on any atom is 0.251 e. The topological polar surface area (TPSA) is 108 Å². The van der Waals surface area contributed by atoms with E-state index in [1.165, 1.54) is 12.8 Å². The van der Waals surface area contributed by atoms with Crippen LogP contribution in [0.15, 0.2) is 47.4 Å². The Morgan fingerprint density at radius 1 is 1.14 bits per heavy atom. The van der Waals surface area contributed by atoms with Crippen molar-refractivity contribution in [3.63, 3.8) is 0 Å². The van der Waals surface area contributed by atoms with E-state index in [0.29, 0.717) is 23.4 Å². The Bertz CT molecular complexity index is 1160. The molecule has 8 nitrogen and oxygen atoms in total. The van der Waals surface area contributed by atoms with Crippen LogP contribution in [0.3, 0.4) is 0 Å². The van der Waals surface area contributed by atoms with E-state index in [2.05, 4.69) is 14.9 Å². The largest absolute Gasteiger partial charge is 0.485 e. The van der Waals surface area contributed by atoms with Gasteiger partial charge in [-0.3, -0.25) is 4.79 Å². The summed E-state index contributed by atoms with van der Waals surface area (Å²) in [5.41, 5.74) is 0.808. The molecular weight excluding hydrogens is 466 g/mol. The molecule has 0 aromatic heterocycles. The van der Waals surface area contributed by atoms with Gasteiger partial charge in [0, 0.05) is 24.2 Å². The second kappa shape index (κ2) is 10.3. The zero-order chi connectivity index (χ0) is 25.2. The minimum Gasteiger partial charge on any atom is -0.485 e. The molecule has 2 aromatic carbocycles. The third kappa shape index (κ3) is 5.69. The van der Waals surface area contributed by atoms with Gasteiger partial charge >= 0.3 is 0 Å². The zero-order valence-corrected chi connectivity index (χ0v) is 21.4. The lowest BCUT2D eigenvalue weighted by Crippen LogP contribution is -2.53. The SMILES string of the molecule is CCc1ccc(S(=O)(=O)N[C@@H]2c3cc(C(=O)NCCN4CCCC4)ccc3OC(C)(C)[C@H]2O)cc1. The van der Waals surface area contributed by atoms with Crippen LogP contribution in [-0.4, -0.2) is 62.2 Å². The lowest BCUT2D eigenvalue weighted by Gasteiger charge is -2.42. The third-order valence-corrected chi connectivity index (χ3v) is 8.30. The summed E-state index contributed by atoms with van der Waals surface area (Å²) in [5.74, 6) is 0.186. The number of hydrogen-bond donors (Lipinski definition) is 3. The van der Waals surface area contributed by atoms with E-state index in [1.807, 2.05) is 6.92 Å². The number of nitrogens with zero attached hydrogens (tertiary/aromatic N) is 1. The van der Waals surface area contributed by atoms with Crippen LogP contribution >= 0.6 is 0 Å². The molecule has 0 bridgehead atoms. The third-order valence-electron chi connectivity index (χ3n) is 6.84. The van der Waals surface area contributed by atoms with Crippen molar-refractivity contribution in [2.45, 2.75) is 62.7 Å². The normalized spacial score (nSPS) is 21.8. The van der Waals surface area contributed by atoms with Crippen LogP contribution in [0.25, 0.3) is 0 Å². The number of rotatable bonds is 8. The Labute approximate surface area is 207 Å². The molecule has 2 aliphatic rings. The number of carbonyl (C=O) groups excluding carboxylic acids is 1. The molecule has 0 unspecified atom stereocenters. The summed E-state index contributed by atoms with van der Waals surface area (Å²) in [4.78, 5) is 15.2. The highest BCUT2D eigenvalue weighted by Gasteiger charge is 2.44. The highest BCUT2D eigenvalue weighted by atomic mass is 32.2. The van der Waals surface area contributed by atoms with Crippen molar-refractivity contribution in [1.82, 2.24) is 14.9 Å². The molecule has 2 atom stereocenters. The first-order valence-corrected chi connectivity index (χ1v) is 13.7. The van der Waals surface area contributed by atoms with Crippen molar-refractivity contribution in [2.75, 3.05) is 26.2 Å². The van der Waals surface area contributed by atoms with Gasteiger partial charge < -0.3 is 20.1 Å². The van der Waals surface area contributed by atoms with Gasteiger partial charge in [-0.2, -0.15) is 0 Å². The van der Waals surface area contributed by atoms with E-state index in [-0.39, 0.29) is 10.8 Å². The van der Waals surface area contributed by atoms with Crippen LogP contribution in [0, 0.1) is 0 Å². The number of fused-ring (bicyclic) bond motifs is 1. The molecule has 0 spiro atoms. The number of aliphatic hydroxyl groups is 1. The second-order valence-corrected chi connectivity index (χ2v) is 11.5. The molecule has 0 radical (unpaired) electrons. The summed E-state index contributed by atoms with van der Waals surface area (Å²) < 4.78 is 35.0. The average molecular weight is 502 g/mol. The van der Waals surface area contributed by atoms with Crippen molar-refractivity contribution in [2.24, 2.45) is 0 Å². The number of nitrogens with one attached hydrogen (secondary N) is 2. The number of carbonyl (C=O) groups is 1. The van der Waals surface area contributed by atoms with Crippen LogP contribution < -0.4 is 14.8 Å².